The van der Waals surface area contributed by atoms with E-state index in [1.165, 1.54) is 30.2 Å². The summed E-state index contributed by atoms with van der Waals surface area (Å²) in [4.78, 5) is 32.6. The van der Waals surface area contributed by atoms with E-state index in [0.29, 0.717) is 17.6 Å². The number of methoxy groups -OCH3 is 1. The van der Waals surface area contributed by atoms with E-state index in [2.05, 4.69) is 23.3 Å². The summed E-state index contributed by atoms with van der Waals surface area (Å²) in [5.41, 5.74) is 3.47. The largest absolute Gasteiger partial charge is 0.508 e. The number of nitrogens with one attached hydrogen (secondary N) is 1. The predicted octanol–water partition coefficient (Wildman–Crippen LogP) is 0.953. The zero-order chi connectivity index (χ0) is 31.6. The number of phenols is 1. The van der Waals surface area contributed by atoms with Crippen molar-refractivity contribution in [3.8, 4) is 17.2 Å². The van der Waals surface area contributed by atoms with Crippen LogP contribution in [0.3, 0.4) is 0 Å². The molecule has 1 spiro atoms. The molecule has 2 heterocycles. The maximum atomic E-state index is 10.6. The number of ether oxygens (including phenoxy) is 2. The van der Waals surface area contributed by atoms with E-state index in [4.69, 9.17) is 35.0 Å². The second-order valence-electron chi connectivity index (χ2n) is 11.3. The molecule has 4 aliphatic rings. The van der Waals surface area contributed by atoms with Crippen molar-refractivity contribution in [3.63, 3.8) is 0 Å². The van der Waals surface area contributed by atoms with Gasteiger partial charge in [-0.25, -0.2) is 9.59 Å². The number of aliphatic hydroxyl groups excluding tert-OH is 3. The molecule has 0 radical (unpaired) electrons. The number of aliphatic carboxylic acids is 2. The summed E-state index contributed by atoms with van der Waals surface area (Å²) in [5.74, 6) is -1.12. The Morgan fingerprint density at radius 3 is 2.23 bits per heavy atom. The van der Waals surface area contributed by atoms with Crippen molar-refractivity contribution in [2.75, 3.05) is 26.0 Å². The van der Waals surface area contributed by atoms with Gasteiger partial charge in [-0.15, -0.1) is 0 Å². The average Bonchev–Trinajstić information content (AvgIpc) is 3.32. The molecule has 2 aliphatic heterocycles. The fourth-order valence-electron chi connectivity index (χ4n) is 6.88. The highest BCUT2D eigenvalue weighted by atomic mass is 16.5. The fourth-order valence-corrected chi connectivity index (χ4v) is 6.88. The summed E-state index contributed by atoms with van der Waals surface area (Å²) in [6.45, 7) is 2.52. The number of aromatic hydroxyl groups is 1. The van der Waals surface area contributed by atoms with E-state index >= 15 is 0 Å². The molecule has 1 saturated heterocycles. The van der Waals surface area contributed by atoms with Gasteiger partial charge in [-0.1, -0.05) is 6.07 Å². The summed E-state index contributed by atoms with van der Waals surface area (Å²) in [5, 5.41) is 54.6. The Hall–Kier alpha value is -3.91. The Bertz CT molecular complexity index is 1330. The first-order valence-corrected chi connectivity index (χ1v) is 14.0. The number of likely N-dealkylation sites (N-methyl/N-ethyl adjacent to an activating group) is 1. The van der Waals surface area contributed by atoms with Gasteiger partial charge in [-0.2, -0.15) is 0 Å². The van der Waals surface area contributed by atoms with Gasteiger partial charge in [-0.3, -0.25) is 4.79 Å². The highest BCUT2D eigenvalue weighted by molar-refractivity contribution is 5.88. The minimum absolute atomic E-state index is 0.00625. The van der Waals surface area contributed by atoms with Crippen LogP contribution in [0.2, 0.25) is 0 Å². The van der Waals surface area contributed by atoms with E-state index in [1.807, 2.05) is 6.07 Å². The van der Waals surface area contributed by atoms with Gasteiger partial charge < -0.3 is 50.3 Å². The lowest BCUT2D eigenvalue weighted by molar-refractivity contribution is -0.165. The lowest BCUT2D eigenvalue weighted by Crippen LogP contribution is -2.66. The molecular formula is C30H38N2O11. The average molecular weight is 603 g/mol. The molecule has 2 fully saturated rings. The first kappa shape index (κ1) is 32.0. The van der Waals surface area contributed by atoms with Crippen molar-refractivity contribution < 1.29 is 54.5 Å². The van der Waals surface area contributed by atoms with Gasteiger partial charge in [0, 0.05) is 29.6 Å². The number of carbonyl (C=O) groups is 3. The van der Waals surface area contributed by atoms with Crippen molar-refractivity contribution in [1.82, 2.24) is 4.90 Å². The number of carboxylic acids is 2. The van der Waals surface area contributed by atoms with Gasteiger partial charge in [0.25, 0.3) is 0 Å². The van der Waals surface area contributed by atoms with Crippen LogP contribution in [0.1, 0.15) is 37.3 Å². The molecule has 2 unspecified atom stereocenters. The molecular weight excluding hydrogens is 564 g/mol. The third kappa shape index (κ3) is 6.11. The Morgan fingerprint density at radius 2 is 1.67 bits per heavy atom. The summed E-state index contributed by atoms with van der Waals surface area (Å²) < 4.78 is 11.9. The Labute approximate surface area is 248 Å². The van der Waals surface area contributed by atoms with E-state index in [-0.39, 0.29) is 29.3 Å². The first-order chi connectivity index (χ1) is 20.3. The van der Waals surface area contributed by atoms with Crippen LogP contribution in [0.4, 0.5) is 5.69 Å². The molecule has 7 atom stereocenters. The number of piperidine rings is 1. The van der Waals surface area contributed by atoms with Gasteiger partial charge in [0.1, 0.15) is 11.9 Å². The number of phenolic OH excluding ortho intramolecular Hbond substituents is 1. The molecule has 13 nitrogen and oxygen atoms in total. The second kappa shape index (κ2) is 12.8. The second-order valence-corrected chi connectivity index (χ2v) is 11.3. The number of amides is 1. The first-order valence-electron chi connectivity index (χ1n) is 14.0. The molecule has 2 aromatic carbocycles. The Balaban J connectivity index is 0.000000171. The summed E-state index contributed by atoms with van der Waals surface area (Å²) in [7, 11) is 3.96. The van der Waals surface area contributed by atoms with Crippen molar-refractivity contribution in [3.05, 3.63) is 47.5 Å². The standard InChI is InChI=1S/C18H23NO3.C8H9NO2.C4H6O6/c1-19-8-7-18-11-4-5-13(20)17(18)22-16-14(21-2)6-3-10(15(16)18)9-12(11)19;1-6(10)9-7-2-4-8(11)5-3-7;5-1(3(7)8)2(6)4(9)10/h3,6,11-13,17,20H,4-5,7-9H2,1-2H3;2-5,11H,1H3,(H,9,10);1-2,5-6H,(H,7,8)(H,9,10)/t11-,12+,13-,17-,18-;;/m0../s1. The summed E-state index contributed by atoms with van der Waals surface area (Å²) >= 11 is 0. The topological polar surface area (TPSA) is 206 Å². The number of anilines is 1. The van der Waals surface area contributed by atoms with Crippen LogP contribution in [-0.2, 0) is 26.2 Å². The predicted molar refractivity (Wildman–Crippen MR) is 152 cm³/mol. The monoisotopic (exact) mass is 602 g/mol. The van der Waals surface area contributed by atoms with Crippen molar-refractivity contribution in [2.24, 2.45) is 5.92 Å². The molecule has 1 amide bonds. The van der Waals surface area contributed by atoms with Gasteiger partial charge in [0.2, 0.25) is 5.91 Å². The number of benzene rings is 2. The molecule has 2 bridgehead atoms. The van der Waals surface area contributed by atoms with Crippen molar-refractivity contribution in [1.29, 1.82) is 0 Å². The molecule has 0 aromatic heterocycles. The molecule has 6 rings (SSSR count). The molecule has 1 saturated carbocycles. The number of carbonyl (C=O) groups excluding carboxylic acids is 1. The molecule has 234 valence electrons. The Morgan fingerprint density at radius 1 is 1.05 bits per heavy atom. The van der Waals surface area contributed by atoms with Crippen LogP contribution in [0.5, 0.6) is 17.2 Å². The minimum atomic E-state index is -2.27. The van der Waals surface area contributed by atoms with E-state index < -0.39 is 24.1 Å². The molecule has 2 aliphatic carbocycles. The number of aliphatic hydroxyl groups is 3. The number of hydrogen-bond acceptors (Lipinski definition) is 10. The van der Waals surface area contributed by atoms with Crippen LogP contribution in [0.15, 0.2) is 36.4 Å². The van der Waals surface area contributed by atoms with E-state index in [0.717, 1.165) is 43.7 Å². The molecule has 7 N–H and O–H groups in total. The zero-order valence-electron chi connectivity index (χ0n) is 24.1. The van der Waals surface area contributed by atoms with Crippen LogP contribution < -0.4 is 14.8 Å². The number of hydrogen-bond donors (Lipinski definition) is 7. The fraction of sp³-hybridized carbons (Fsp3) is 0.500. The zero-order valence-corrected chi connectivity index (χ0v) is 24.1. The maximum Gasteiger partial charge on any atom is 0.335 e. The quantitative estimate of drug-likeness (QED) is 0.239. The number of likely N-dealkylation sites (tertiary alicyclic amines) is 1. The molecule has 2 aromatic rings. The number of carboxylic acid groups (broad SMARTS) is 2. The molecule has 13 heteroatoms. The van der Waals surface area contributed by atoms with Gasteiger partial charge in [-0.05, 0) is 81.1 Å². The van der Waals surface area contributed by atoms with E-state index in [9.17, 15) is 19.5 Å². The lowest BCUT2D eigenvalue weighted by atomic mass is 9.51. The lowest BCUT2D eigenvalue weighted by Gasteiger charge is -2.58. The number of nitrogens with zero attached hydrogens (tertiary/aromatic N) is 1. The van der Waals surface area contributed by atoms with Crippen LogP contribution >= 0.6 is 0 Å². The Kier molecular flexibility index (Phi) is 9.50. The minimum Gasteiger partial charge on any atom is -0.508 e. The van der Waals surface area contributed by atoms with Gasteiger partial charge in [0.05, 0.1) is 13.2 Å². The third-order valence-electron chi connectivity index (χ3n) is 8.76. The highest BCUT2D eigenvalue weighted by Crippen LogP contribution is 2.63. The smallest absolute Gasteiger partial charge is 0.335 e. The summed E-state index contributed by atoms with van der Waals surface area (Å²) in [6.07, 6.45) is -0.841. The summed E-state index contributed by atoms with van der Waals surface area (Å²) in [6, 6.07) is 11.1. The van der Waals surface area contributed by atoms with Crippen molar-refractivity contribution in [2.45, 2.75) is 68.5 Å². The normalized spacial score (nSPS) is 27.4. The SMILES string of the molecule is CC(=O)Nc1ccc(O)cc1.COc1ccc2c3c1O[C@H]1[C@@H](O)CC[C@H]4[C@@H](C2)N(C)CC[C@@]341.O=C(O)C(O)C(O)C(=O)O. The van der Waals surface area contributed by atoms with E-state index in [1.54, 1.807) is 19.2 Å². The van der Waals surface area contributed by atoms with Crippen LogP contribution in [0, 0.1) is 5.92 Å². The molecule has 43 heavy (non-hydrogen) atoms. The third-order valence-corrected chi connectivity index (χ3v) is 8.76. The number of rotatable bonds is 5. The van der Waals surface area contributed by atoms with Crippen molar-refractivity contribution >= 4 is 23.5 Å². The van der Waals surface area contributed by atoms with Gasteiger partial charge >= 0.3 is 11.9 Å². The maximum absolute atomic E-state index is 10.6. The van der Waals surface area contributed by atoms with Crippen LogP contribution in [0.25, 0.3) is 0 Å². The van der Waals surface area contributed by atoms with Crippen LogP contribution in [-0.4, -0.2) is 105 Å². The van der Waals surface area contributed by atoms with Gasteiger partial charge in [0.15, 0.2) is 23.7 Å². The highest BCUT2D eigenvalue weighted by Gasteiger charge is 2.65.